The molecule has 2 atom stereocenters. The number of piperidine rings is 1. The van der Waals surface area contributed by atoms with Gasteiger partial charge in [0, 0.05) is 31.3 Å². The highest BCUT2D eigenvalue weighted by atomic mass is 35.5. The second-order valence-corrected chi connectivity index (χ2v) is 9.20. The van der Waals surface area contributed by atoms with Gasteiger partial charge in [-0.25, -0.2) is 9.37 Å². The van der Waals surface area contributed by atoms with E-state index < -0.39 is 0 Å². The molecule has 0 spiro atoms. The molecule has 0 radical (unpaired) electrons. The van der Waals surface area contributed by atoms with Crippen LogP contribution in [0, 0.1) is 18.7 Å². The molecular formula is C21H25ClFN5OS. The van der Waals surface area contributed by atoms with Crippen LogP contribution in [-0.2, 0) is 12.5 Å². The molecular weight excluding hydrogens is 425 g/mol. The van der Waals surface area contributed by atoms with Crippen molar-refractivity contribution in [3.05, 3.63) is 47.7 Å². The summed E-state index contributed by atoms with van der Waals surface area (Å²) in [5, 5.41) is 9.44. The van der Waals surface area contributed by atoms with Crippen molar-refractivity contribution in [3.63, 3.8) is 0 Å². The van der Waals surface area contributed by atoms with Crippen molar-refractivity contribution in [2.45, 2.75) is 30.3 Å². The van der Waals surface area contributed by atoms with Crippen LogP contribution < -0.4 is 0 Å². The highest BCUT2D eigenvalue weighted by molar-refractivity contribution is 7.99. The molecule has 1 saturated heterocycles. The molecule has 160 valence electrons. The Hall–Kier alpha value is -1.90. The SMILES string of the molecule is Cc1ncoc1-c1nnc(SCCCN2CC3CC3(c3cccc(F)c3)C2)n1C.Cl. The van der Waals surface area contributed by atoms with Crippen molar-refractivity contribution in [2.24, 2.45) is 13.0 Å². The van der Waals surface area contributed by atoms with E-state index in [4.69, 9.17) is 4.42 Å². The first kappa shape index (κ1) is 21.3. The summed E-state index contributed by atoms with van der Waals surface area (Å²) in [5.41, 5.74) is 2.19. The molecule has 0 amide bonds. The number of hydrogen-bond donors (Lipinski definition) is 0. The number of likely N-dealkylation sites (tertiary alicyclic amines) is 1. The largest absolute Gasteiger partial charge is 0.440 e. The van der Waals surface area contributed by atoms with E-state index in [0.29, 0.717) is 17.5 Å². The molecule has 2 aromatic heterocycles. The number of halogens is 2. The van der Waals surface area contributed by atoms with Gasteiger partial charge >= 0.3 is 0 Å². The van der Waals surface area contributed by atoms with Crippen molar-refractivity contribution < 1.29 is 8.81 Å². The third kappa shape index (κ3) is 3.76. The van der Waals surface area contributed by atoms with Crippen LogP contribution in [0.1, 0.15) is 24.1 Å². The van der Waals surface area contributed by atoms with Gasteiger partial charge in [-0.1, -0.05) is 23.9 Å². The van der Waals surface area contributed by atoms with E-state index in [1.165, 1.54) is 24.4 Å². The first-order valence-electron chi connectivity index (χ1n) is 9.98. The fraction of sp³-hybridized carbons (Fsp3) is 0.476. The average molecular weight is 450 g/mol. The lowest BCUT2D eigenvalue weighted by Gasteiger charge is -2.21. The summed E-state index contributed by atoms with van der Waals surface area (Å²) in [6.45, 7) is 5.13. The van der Waals surface area contributed by atoms with Gasteiger partial charge in [-0.3, -0.25) is 0 Å². The monoisotopic (exact) mass is 449 g/mol. The second-order valence-electron chi connectivity index (χ2n) is 8.14. The number of aromatic nitrogens is 4. The second kappa shape index (κ2) is 8.32. The Morgan fingerprint density at radius 1 is 1.33 bits per heavy atom. The zero-order valence-electron chi connectivity index (χ0n) is 17.0. The lowest BCUT2D eigenvalue weighted by atomic mass is 9.95. The van der Waals surface area contributed by atoms with E-state index in [2.05, 4.69) is 26.1 Å². The smallest absolute Gasteiger partial charge is 0.202 e. The summed E-state index contributed by atoms with van der Waals surface area (Å²) in [5.74, 6) is 2.92. The van der Waals surface area contributed by atoms with Gasteiger partial charge in [-0.2, -0.15) is 0 Å². The fourth-order valence-electron chi connectivity index (χ4n) is 4.61. The number of benzene rings is 1. The van der Waals surface area contributed by atoms with Crippen LogP contribution in [0.2, 0.25) is 0 Å². The predicted molar refractivity (Wildman–Crippen MR) is 116 cm³/mol. The summed E-state index contributed by atoms with van der Waals surface area (Å²) in [6.07, 6.45) is 3.72. The molecule has 3 heterocycles. The molecule has 2 aliphatic rings. The average Bonchev–Trinajstić information content (AvgIpc) is 3.01. The molecule has 2 unspecified atom stereocenters. The molecule has 0 bridgehead atoms. The van der Waals surface area contributed by atoms with E-state index in [1.54, 1.807) is 17.8 Å². The maximum absolute atomic E-state index is 13.6. The molecule has 1 aliphatic heterocycles. The lowest BCUT2D eigenvalue weighted by Crippen LogP contribution is -2.28. The van der Waals surface area contributed by atoms with Gasteiger partial charge in [0.05, 0.1) is 5.69 Å². The molecule has 30 heavy (non-hydrogen) atoms. The van der Waals surface area contributed by atoms with Crippen LogP contribution in [0.15, 0.2) is 40.2 Å². The molecule has 1 saturated carbocycles. The van der Waals surface area contributed by atoms with Crippen LogP contribution in [0.5, 0.6) is 0 Å². The minimum absolute atomic E-state index is 0. The molecule has 2 fully saturated rings. The molecule has 5 rings (SSSR count). The Balaban J connectivity index is 0.00000218. The van der Waals surface area contributed by atoms with Crippen molar-refractivity contribution in [1.82, 2.24) is 24.6 Å². The number of fused-ring (bicyclic) bond motifs is 1. The van der Waals surface area contributed by atoms with Gasteiger partial charge in [0.15, 0.2) is 17.3 Å². The maximum atomic E-state index is 13.6. The molecule has 0 N–H and O–H groups in total. The van der Waals surface area contributed by atoms with Gasteiger partial charge in [-0.15, -0.1) is 22.6 Å². The van der Waals surface area contributed by atoms with E-state index in [0.717, 1.165) is 42.7 Å². The fourth-order valence-corrected chi connectivity index (χ4v) is 5.44. The Bertz CT molecular complexity index is 1040. The highest BCUT2D eigenvalue weighted by Gasteiger charge is 2.60. The number of thioether (sulfide) groups is 1. The first-order chi connectivity index (χ1) is 14.1. The van der Waals surface area contributed by atoms with Crippen LogP contribution in [-0.4, -0.2) is 50.0 Å². The molecule has 1 aliphatic carbocycles. The van der Waals surface area contributed by atoms with Crippen molar-refractivity contribution in [2.75, 3.05) is 25.4 Å². The maximum Gasteiger partial charge on any atom is 0.202 e. The van der Waals surface area contributed by atoms with Crippen LogP contribution >= 0.6 is 24.2 Å². The summed E-state index contributed by atoms with van der Waals surface area (Å²) in [7, 11) is 1.95. The number of hydrogen-bond acceptors (Lipinski definition) is 6. The molecule has 9 heteroatoms. The zero-order valence-corrected chi connectivity index (χ0v) is 18.7. The number of aryl methyl sites for hydroxylation is 1. The van der Waals surface area contributed by atoms with Crippen molar-refractivity contribution in [3.8, 4) is 11.6 Å². The van der Waals surface area contributed by atoms with Gasteiger partial charge in [-0.05, 0) is 49.9 Å². The first-order valence-corrected chi connectivity index (χ1v) is 11.0. The quantitative estimate of drug-likeness (QED) is 0.400. The van der Waals surface area contributed by atoms with Crippen molar-refractivity contribution >= 4 is 24.2 Å². The van der Waals surface area contributed by atoms with Gasteiger partial charge < -0.3 is 13.9 Å². The predicted octanol–water partition coefficient (Wildman–Crippen LogP) is 4.10. The van der Waals surface area contributed by atoms with Crippen LogP contribution in [0.25, 0.3) is 11.6 Å². The Morgan fingerprint density at radius 2 is 2.20 bits per heavy atom. The Morgan fingerprint density at radius 3 is 2.97 bits per heavy atom. The number of rotatable bonds is 7. The van der Waals surface area contributed by atoms with Gasteiger partial charge in [0.1, 0.15) is 5.82 Å². The normalized spacial score (nSPS) is 22.7. The van der Waals surface area contributed by atoms with E-state index in [9.17, 15) is 4.39 Å². The zero-order chi connectivity index (χ0) is 20.0. The molecule has 1 aromatic carbocycles. The van der Waals surface area contributed by atoms with Crippen LogP contribution in [0.3, 0.4) is 0 Å². The minimum atomic E-state index is -0.124. The van der Waals surface area contributed by atoms with E-state index >= 15 is 0 Å². The highest BCUT2D eigenvalue weighted by Crippen LogP contribution is 2.59. The summed E-state index contributed by atoms with van der Waals surface area (Å²) < 4.78 is 21.0. The standard InChI is InChI=1S/C21H24FN5OS.ClH/c1-14-18(28-13-23-14)19-24-25-20(26(19)2)29-8-4-7-27-11-16-10-21(16,12-27)15-5-3-6-17(22)9-15;/h3,5-6,9,13,16H,4,7-8,10-12H2,1-2H3;1H. The molecule has 6 nitrogen and oxygen atoms in total. The topological polar surface area (TPSA) is 60.0 Å². The Kier molecular flexibility index (Phi) is 5.92. The number of nitrogens with zero attached hydrogens (tertiary/aromatic N) is 5. The molecule has 3 aromatic rings. The summed E-state index contributed by atoms with van der Waals surface area (Å²) in [4.78, 5) is 6.65. The van der Waals surface area contributed by atoms with Gasteiger partial charge in [0.25, 0.3) is 0 Å². The van der Waals surface area contributed by atoms with E-state index in [-0.39, 0.29) is 23.6 Å². The third-order valence-corrected chi connectivity index (χ3v) is 7.36. The van der Waals surface area contributed by atoms with Crippen molar-refractivity contribution in [1.29, 1.82) is 0 Å². The Labute approximate surface area is 185 Å². The van der Waals surface area contributed by atoms with Crippen LogP contribution in [0.4, 0.5) is 4.39 Å². The third-order valence-electron chi connectivity index (χ3n) is 6.25. The summed E-state index contributed by atoms with van der Waals surface area (Å²) in [6, 6.07) is 7.18. The van der Waals surface area contributed by atoms with E-state index in [1.807, 2.05) is 24.6 Å². The minimum Gasteiger partial charge on any atom is -0.440 e. The van der Waals surface area contributed by atoms with Gasteiger partial charge in [0.2, 0.25) is 5.82 Å². The summed E-state index contributed by atoms with van der Waals surface area (Å²) >= 11 is 1.71. The number of oxazole rings is 1. The lowest BCUT2D eigenvalue weighted by molar-refractivity contribution is 0.299.